The summed E-state index contributed by atoms with van der Waals surface area (Å²) >= 11 is 0. The van der Waals surface area contributed by atoms with Gasteiger partial charge in [0.2, 0.25) is 11.8 Å². The van der Waals surface area contributed by atoms with E-state index in [1.54, 1.807) is 18.2 Å². The molecule has 2 aromatic rings. The number of nitrogen functional groups attached to an aromatic ring is 1. The Morgan fingerprint density at radius 3 is 2.61 bits per heavy atom. The number of benzene rings is 2. The van der Waals surface area contributed by atoms with Crippen LogP contribution >= 0.6 is 0 Å². The normalized spacial score (nSPS) is 12.3. The van der Waals surface area contributed by atoms with Gasteiger partial charge in [-0.05, 0) is 37.1 Å². The number of carbonyl (C=O) groups excluding carboxylic acids is 2. The molecule has 2 amide bonds. The van der Waals surface area contributed by atoms with Gasteiger partial charge >= 0.3 is 0 Å². The van der Waals surface area contributed by atoms with Crippen LogP contribution in [0.15, 0.2) is 42.5 Å². The highest BCUT2D eigenvalue weighted by Gasteiger charge is 2.17. The number of anilines is 2. The van der Waals surface area contributed by atoms with Gasteiger partial charge < -0.3 is 25.4 Å². The second-order valence-corrected chi connectivity index (χ2v) is 6.51. The van der Waals surface area contributed by atoms with Crippen molar-refractivity contribution in [1.82, 2.24) is 4.90 Å². The molecule has 0 aromatic heterocycles. The molecule has 0 bridgehead atoms. The van der Waals surface area contributed by atoms with Gasteiger partial charge in [0.1, 0.15) is 13.2 Å². The van der Waals surface area contributed by atoms with Crippen molar-refractivity contribution in [3.05, 3.63) is 48.0 Å². The lowest BCUT2D eigenvalue weighted by molar-refractivity contribution is -0.134. The molecule has 0 saturated carbocycles. The van der Waals surface area contributed by atoms with E-state index in [1.165, 1.54) is 4.90 Å². The largest absolute Gasteiger partial charge is 0.486 e. The summed E-state index contributed by atoms with van der Waals surface area (Å²) in [7, 11) is 0. The summed E-state index contributed by atoms with van der Waals surface area (Å²) < 4.78 is 11.0. The zero-order valence-electron chi connectivity index (χ0n) is 15.9. The van der Waals surface area contributed by atoms with E-state index in [0.29, 0.717) is 55.5 Å². The number of amides is 2. The number of hydrogen-bond donors (Lipinski definition) is 2. The van der Waals surface area contributed by atoms with Crippen LogP contribution in [0.3, 0.4) is 0 Å². The molecule has 0 spiro atoms. The van der Waals surface area contributed by atoms with Crippen LogP contribution in [-0.2, 0) is 16.0 Å². The van der Waals surface area contributed by atoms with Gasteiger partial charge in [-0.2, -0.15) is 0 Å². The SMILES string of the molecule is CCN(CC(=O)Nc1ccc2c(c1)OCCO2)C(=O)CCc1ccccc1N. The van der Waals surface area contributed by atoms with Crippen molar-refractivity contribution in [2.75, 3.05) is 37.4 Å². The smallest absolute Gasteiger partial charge is 0.243 e. The standard InChI is InChI=1S/C21H25N3O4/c1-2-24(21(26)10-7-15-5-3-4-6-17(15)22)14-20(25)23-16-8-9-18-19(13-16)28-12-11-27-18/h3-6,8-9,13H,2,7,10-12,14,22H2,1H3,(H,23,25). The van der Waals surface area contributed by atoms with E-state index in [2.05, 4.69) is 5.32 Å². The maximum Gasteiger partial charge on any atom is 0.243 e. The van der Waals surface area contributed by atoms with Gasteiger partial charge in [0.15, 0.2) is 11.5 Å². The summed E-state index contributed by atoms with van der Waals surface area (Å²) in [4.78, 5) is 26.4. The van der Waals surface area contributed by atoms with Gasteiger partial charge in [-0.15, -0.1) is 0 Å². The summed E-state index contributed by atoms with van der Waals surface area (Å²) in [6.45, 7) is 3.30. The van der Waals surface area contributed by atoms with Gasteiger partial charge in [0, 0.05) is 30.4 Å². The highest BCUT2D eigenvalue weighted by Crippen LogP contribution is 2.32. The molecule has 1 aliphatic rings. The number of aryl methyl sites for hydroxylation is 1. The summed E-state index contributed by atoms with van der Waals surface area (Å²) in [6.07, 6.45) is 0.852. The maximum absolute atomic E-state index is 12.5. The lowest BCUT2D eigenvalue weighted by Crippen LogP contribution is -2.38. The first-order valence-corrected chi connectivity index (χ1v) is 9.37. The lowest BCUT2D eigenvalue weighted by atomic mass is 10.1. The minimum atomic E-state index is -0.258. The number of carbonyl (C=O) groups is 2. The Morgan fingerprint density at radius 2 is 1.86 bits per heavy atom. The molecule has 1 aliphatic heterocycles. The van der Waals surface area contributed by atoms with Gasteiger partial charge in [-0.3, -0.25) is 9.59 Å². The molecule has 7 nitrogen and oxygen atoms in total. The van der Waals surface area contributed by atoms with Gasteiger partial charge in [0.25, 0.3) is 0 Å². The molecule has 3 N–H and O–H groups in total. The van der Waals surface area contributed by atoms with Crippen LogP contribution in [-0.4, -0.2) is 43.0 Å². The zero-order valence-corrected chi connectivity index (χ0v) is 15.9. The number of nitrogens with zero attached hydrogens (tertiary/aromatic N) is 1. The summed E-state index contributed by atoms with van der Waals surface area (Å²) in [5.74, 6) is 0.928. The maximum atomic E-state index is 12.5. The zero-order chi connectivity index (χ0) is 19.9. The van der Waals surface area contributed by atoms with Gasteiger partial charge in [0.05, 0.1) is 6.54 Å². The first-order valence-electron chi connectivity index (χ1n) is 9.37. The quantitative estimate of drug-likeness (QED) is 0.717. The fourth-order valence-electron chi connectivity index (χ4n) is 3.03. The molecule has 0 fully saturated rings. The first-order chi connectivity index (χ1) is 13.6. The number of para-hydroxylation sites is 1. The van der Waals surface area contributed by atoms with Crippen molar-refractivity contribution in [2.24, 2.45) is 0 Å². The number of likely N-dealkylation sites (N-methyl/N-ethyl adjacent to an activating group) is 1. The Balaban J connectivity index is 1.54. The van der Waals surface area contributed by atoms with Crippen LogP contribution < -0.4 is 20.5 Å². The Labute approximate surface area is 164 Å². The van der Waals surface area contributed by atoms with Crippen molar-refractivity contribution in [1.29, 1.82) is 0 Å². The molecule has 148 valence electrons. The highest BCUT2D eigenvalue weighted by molar-refractivity contribution is 5.94. The fraction of sp³-hybridized carbons (Fsp3) is 0.333. The monoisotopic (exact) mass is 383 g/mol. The van der Waals surface area contributed by atoms with Crippen LogP contribution in [0.1, 0.15) is 18.9 Å². The van der Waals surface area contributed by atoms with Crippen LogP contribution in [0.2, 0.25) is 0 Å². The molecule has 0 atom stereocenters. The molecule has 0 radical (unpaired) electrons. The third-order valence-corrected chi connectivity index (χ3v) is 4.56. The van der Waals surface area contributed by atoms with Gasteiger partial charge in [-0.25, -0.2) is 0 Å². The second kappa shape index (κ2) is 9.12. The third kappa shape index (κ3) is 4.94. The van der Waals surface area contributed by atoms with Crippen molar-refractivity contribution in [3.8, 4) is 11.5 Å². The van der Waals surface area contributed by atoms with Crippen LogP contribution in [0, 0.1) is 0 Å². The van der Waals surface area contributed by atoms with E-state index in [0.717, 1.165) is 5.56 Å². The molecule has 3 rings (SSSR count). The number of ether oxygens (including phenoxy) is 2. The van der Waals surface area contributed by atoms with E-state index < -0.39 is 0 Å². The Kier molecular flexibility index (Phi) is 6.37. The Morgan fingerprint density at radius 1 is 1.11 bits per heavy atom. The van der Waals surface area contributed by atoms with Crippen molar-refractivity contribution in [3.63, 3.8) is 0 Å². The Hall–Kier alpha value is -3.22. The van der Waals surface area contributed by atoms with E-state index in [-0.39, 0.29) is 18.4 Å². The Bertz CT molecular complexity index is 853. The molecule has 0 saturated heterocycles. The number of nitrogens with one attached hydrogen (secondary N) is 1. The highest BCUT2D eigenvalue weighted by atomic mass is 16.6. The van der Waals surface area contributed by atoms with Crippen molar-refractivity contribution in [2.45, 2.75) is 19.8 Å². The fourth-order valence-corrected chi connectivity index (χ4v) is 3.03. The first kappa shape index (κ1) is 19.5. The van der Waals surface area contributed by atoms with Crippen LogP contribution in [0.4, 0.5) is 11.4 Å². The number of fused-ring (bicyclic) bond motifs is 1. The number of hydrogen-bond acceptors (Lipinski definition) is 5. The van der Waals surface area contributed by atoms with Crippen LogP contribution in [0.25, 0.3) is 0 Å². The summed E-state index contributed by atoms with van der Waals surface area (Å²) in [5, 5.41) is 2.81. The lowest BCUT2D eigenvalue weighted by Gasteiger charge is -2.21. The average molecular weight is 383 g/mol. The predicted octanol–water partition coefficient (Wildman–Crippen LogP) is 2.46. The molecule has 2 aromatic carbocycles. The van der Waals surface area contributed by atoms with Crippen molar-refractivity contribution >= 4 is 23.2 Å². The predicted molar refractivity (Wildman–Crippen MR) is 107 cm³/mol. The summed E-state index contributed by atoms with van der Waals surface area (Å²) in [6, 6.07) is 12.7. The van der Waals surface area contributed by atoms with E-state index >= 15 is 0 Å². The van der Waals surface area contributed by atoms with E-state index in [9.17, 15) is 9.59 Å². The third-order valence-electron chi connectivity index (χ3n) is 4.56. The molecular formula is C21H25N3O4. The molecule has 28 heavy (non-hydrogen) atoms. The molecule has 0 aliphatic carbocycles. The molecular weight excluding hydrogens is 358 g/mol. The molecule has 0 unspecified atom stereocenters. The van der Waals surface area contributed by atoms with Crippen LogP contribution in [0.5, 0.6) is 11.5 Å². The van der Waals surface area contributed by atoms with E-state index in [4.69, 9.17) is 15.2 Å². The van der Waals surface area contributed by atoms with Crippen molar-refractivity contribution < 1.29 is 19.1 Å². The average Bonchev–Trinajstić information content (AvgIpc) is 2.71. The number of nitrogens with two attached hydrogens (primary N) is 1. The minimum absolute atomic E-state index is 0.00591. The number of rotatable bonds is 7. The topological polar surface area (TPSA) is 93.9 Å². The van der Waals surface area contributed by atoms with Gasteiger partial charge in [-0.1, -0.05) is 18.2 Å². The molecule has 1 heterocycles. The second-order valence-electron chi connectivity index (χ2n) is 6.51. The minimum Gasteiger partial charge on any atom is -0.486 e. The summed E-state index contributed by atoms with van der Waals surface area (Å²) in [5.41, 5.74) is 8.14. The molecule has 7 heteroatoms. The van der Waals surface area contributed by atoms with E-state index in [1.807, 2.05) is 31.2 Å².